The fourth-order valence-corrected chi connectivity index (χ4v) is 1.84. The minimum absolute atomic E-state index is 0. The highest BCUT2D eigenvalue weighted by Crippen LogP contribution is 2.15. The highest BCUT2D eigenvalue weighted by Gasteiger charge is 2.02. The molecule has 0 unspecified atom stereocenters. The first kappa shape index (κ1) is 15.4. The van der Waals surface area contributed by atoms with E-state index in [4.69, 9.17) is 4.74 Å². The fraction of sp³-hybridized carbons (Fsp3) is 0.357. The Morgan fingerprint density at radius 2 is 1.95 bits per heavy atom. The van der Waals surface area contributed by atoms with Gasteiger partial charge in [-0.2, -0.15) is 5.10 Å². The van der Waals surface area contributed by atoms with Crippen molar-refractivity contribution in [3.05, 3.63) is 41.7 Å². The van der Waals surface area contributed by atoms with Gasteiger partial charge in [-0.25, -0.2) is 0 Å². The van der Waals surface area contributed by atoms with E-state index in [9.17, 15) is 0 Å². The molecule has 1 N–H and O–H groups in total. The van der Waals surface area contributed by atoms with Gasteiger partial charge in [0.1, 0.15) is 5.75 Å². The van der Waals surface area contributed by atoms with Crippen LogP contribution in [0.25, 0.3) is 0 Å². The average Bonchev–Trinajstić information content (AvgIpc) is 2.67. The second-order valence-corrected chi connectivity index (χ2v) is 4.23. The Morgan fingerprint density at radius 3 is 2.47 bits per heavy atom. The molecule has 0 saturated carbocycles. The second kappa shape index (κ2) is 7.04. The monoisotopic (exact) mass is 281 g/mol. The lowest BCUT2D eigenvalue weighted by molar-refractivity contribution is 0.340. The van der Waals surface area contributed by atoms with Crippen LogP contribution in [-0.4, -0.2) is 16.4 Å². The van der Waals surface area contributed by atoms with Crippen molar-refractivity contribution in [2.45, 2.75) is 20.4 Å². The zero-order valence-corrected chi connectivity index (χ0v) is 12.3. The van der Waals surface area contributed by atoms with Crippen molar-refractivity contribution in [1.29, 1.82) is 0 Å². The molecule has 5 heteroatoms. The van der Waals surface area contributed by atoms with Gasteiger partial charge in [-0.3, -0.25) is 4.68 Å². The van der Waals surface area contributed by atoms with E-state index in [-0.39, 0.29) is 12.4 Å². The molecule has 2 aromatic rings. The molecule has 1 heterocycles. The number of anilines is 1. The molecular weight excluding hydrogens is 262 g/mol. The topological polar surface area (TPSA) is 39.1 Å². The summed E-state index contributed by atoms with van der Waals surface area (Å²) in [5.74, 6) is 0.916. The number of nitrogens with zero attached hydrogens (tertiary/aromatic N) is 2. The van der Waals surface area contributed by atoms with Gasteiger partial charge >= 0.3 is 0 Å². The molecule has 1 aromatic carbocycles. The first-order valence-corrected chi connectivity index (χ1v) is 6.15. The van der Waals surface area contributed by atoms with E-state index in [1.54, 1.807) is 0 Å². The minimum atomic E-state index is 0. The highest BCUT2D eigenvalue weighted by atomic mass is 35.5. The van der Waals surface area contributed by atoms with Gasteiger partial charge in [0.05, 0.1) is 18.0 Å². The predicted molar refractivity (Wildman–Crippen MR) is 80.1 cm³/mol. The van der Waals surface area contributed by atoms with Crippen LogP contribution < -0.4 is 10.1 Å². The van der Waals surface area contributed by atoms with Crippen molar-refractivity contribution < 1.29 is 4.74 Å². The van der Waals surface area contributed by atoms with Crippen LogP contribution in [0.3, 0.4) is 0 Å². The van der Waals surface area contributed by atoms with Crippen LogP contribution in [0.5, 0.6) is 5.75 Å². The third-order valence-electron chi connectivity index (χ3n) is 2.73. The number of aryl methyl sites for hydroxylation is 2. The Kier molecular flexibility index (Phi) is 5.70. The van der Waals surface area contributed by atoms with E-state index >= 15 is 0 Å². The Balaban J connectivity index is 0.00000180. The van der Waals surface area contributed by atoms with E-state index in [0.717, 1.165) is 23.7 Å². The van der Waals surface area contributed by atoms with Crippen molar-refractivity contribution in [1.82, 2.24) is 9.78 Å². The molecule has 0 aliphatic rings. The minimum Gasteiger partial charge on any atom is -0.494 e. The van der Waals surface area contributed by atoms with Gasteiger partial charge in [0.25, 0.3) is 0 Å². The molecule has 0 spiro atoms. The Labute approximate surface area is 120 Å². The summed E-state index contributed by atoms with van der Waals surface area (Å²) in [5.41, 5.74) is 3.32. The van der Waals surface area contributed by atoms with E-state index in [2.05, 4.69) is 22.5 Å². The number of rotatable bonds is 5. The molecule has 19 heavy (non-hydrogen) atoms. The highest BCUT2D eigenvalue weighted by molar-refractivity contribution is 5.85. The molecule has 0 aliphatic heterocycles. The molecule has 0 radical (unpaired) electrons. The average molecular weight is 282 g/mol. The number of aromatic nitrogens is 2. The van der Waals surface area contributed by atoms with E-state index in [1.165, 1.54) is 5.56 Å². The Morgan fingerprint density at radius 1 is 1.26 bits per heavy atom. The van der Waals surface area contributed by atoms with Crippen LogP contribution in [-0.2, 0) is 13.6 Å². The normalized spacial score (nSPS) is 9.84. The molecule has 2 rings (SSSR count). The van der Waals surface area contributed by atoms with Gasteiger partial charge in [0, 0.05) is 19.8 Å². The summed E-state index contributed by atoms with van der Waals surface area (Å²) in [6.07, 6.45) is 1.99. The van der Waals surface area contributed by atoms with Crippen molar-refractivity contribution in [2.75, 3.05) is 11.9 Å². The van der Waals surface area contributed by atoms with Crippen LogP contribution in [0.4, 0.5) is 5.69 Å². The summed E-state index contributed by atoms with van der Waals surface area (Å²) in [7, 11) is 1.93. The first-order chi connectivity index (χ1) is 8.69. The fourth-order valence-electron chi connectivity index (χ4n) is 1.84. The Bertz CT molecular complexity index is 508. The van der Waals surface area contributed by atoms with Gasteiger partial charge in [0.2, 0.25) is 0 Å². The standard InChI is InChI=1S/C14H19N3O.ClH/c1-4-18-13-7-5-12(6-8-13)9-15-14-10-17(3)16-11(14)2;/h5-8,10,15H,4,9H2,1-3H3;1H. The van der Waals surface area contributed by atoms with Crippen LogP contribution in [0, 0.1) is 6.92 Å². The van der Waals surface area contributed by atoms with Crippen LogP contribution in [0.15, 0.2) is 30.5 Å². The van der Waals surface area contributed by atoms with Crippen molar-refractivity contribution >= 4 is 18.1 Å². The lowest BCUT2D eigenvalue weighted by Crippen LogP contribution is -2.00. The van der Waals surface area contributed by atoms with Crippen LogP contribution >= 0.6 is 12.4 Å². The maximum absolute atomic E-state index is 5.41. The van der Waals surface area contributed by atoms with Gasteiger partial charge < -0.3 is 10.1 Å². The molecule has 0 atom stereocenters. The maximum atomic E-state index is 5.41. The van der Waals surface area contributed by atoms with Gasteiger partial charge in [-0.15, -0.1) is 12.4 Å². The first-order valence-electron chi connectivity index (χ1n) is 6.15. The smallest absolute Gasteiger partial charge is 0.119 e. The molecule has 0 amide bonds. The summed E-state index contributed by atoms with van der Waals surface area (Å²) in [4.78, 5) is 0. The SMILES string of the molecule is CCOc1ccc(CNc2cn(C)nc2C)cc1.Cl. The second-order valence-electron chi connectivity index (χ2n) is 4.23. The molecule has 4 nitrogen and oxygen atoms in total. The number of halogens is 1. The molecule has 1 aromatic heterocycles. The lowest BCUT2D eigenvalue weighted by Gasteiger charge is -2.06. The van der Waals surface area contributed by atoms with E-state index in [1.807, 2.05) is 43.9 Å². The van der Waals surface area contributed by atoms with Gasteiger partial charge in [-0.05, 0) is 31.5 Å². The quantitative estimate of drug-likeness (QED) is 0.915. The van der Waals surface area contributed by atoms with Crippen molar-refractivity contribution in [2.24, 2.45) is 7.05 Å². The lowest BCUT2D eigenvalue weighted by atomic mass is 10.2. The third kappa shape index (κ3) is 4.17. The van der Waals surface area contributed by atoms with Gasteiger partial charge in [0.15, 0.2) is 0 Å². The Hall–Kier alpha value is -1.68. The summed E-state index contributed by atoms with van der Waals surface area (Å²) < 4.78 is 7.23. The molecule has 0 aliphatic carbocycles. The number of hydrogen-bond donors (Lipinski definition) is 1. The van der Waals surface area contributed by atoms with Crippen molar-refractivity contribution in [3.8, 4) is 5.75 Å². The number of ether oxygens (including phenoxy) is 1. The number of nitrogens with one attached hydrogen (secondary N) is 1. The molecule has 104 valence electrons. The largest absolute Gasteiger partial charge is 0.494 e. The zero-order chi connectivity index (χ0) is 13.0. The van der Waals surface area contributed by atoms with E-state index in [0.29, 0.717) is 6.61 Å². The molecule has 0 saturated heterocycles. The summed E-state index contributed by atoms with van der Waals surface area (Å²) in [6, 6.07) is 8.14. The summed E-state index contributed by atoms with van der Waals surface area (Å²) in [5, 5.41) is 7.67. The third-order valence-corrected chi connectivity index (χ3v) is 2.73. The maximum Gasteiger partial charge on any atom is 0.119 e. The number of benzene rings is 1. The molecule has 0 fully saturated rings. The molecule has 0 bridgehead atoms. The predicted octanol–water partition coefficient (Wildman–Crippen LogP) is 3.16. The van der Waals surface area contributed by atoms with Crippen LogP contribution in [0.1, 0.15) is 18.2 Å². The van der Waals surface area contributed by atoms with Crippen molar-refractivity contribution in [3.63, 3.8) is 0 Å². The number of hydrogen-bond acceptors (Lipinski definition) is 3. The van der Waals surface area contributed by atoms with E-state index < -0.39 is 0 Å². The summed E-state index contributed by atoms with van der Waals surface area (Å²) >= 11 is 0. The van der Waals surface area contributed by atoms with Crippen LogP contribution in [0.2, 0.25) is 0 Å². The zero-order valence-electron chi connectivity index (χ0n) is 11.5. The molecular formula is C14H20ClN3O. The van der Waals surface area contributed by atoms with Gasteiger partial charge in [-0.1, -0.05) is 12.1 Å². The summed E-state index contributed by atoms with van der Waals surface area (Å²) in [6.45, 7) is 5.48.